The normalized spacial score (nSPS) is 7.20. The van der Waals surface area contributed by atoms with E-state index in [1.807, 2.05) is 13.3 Å². The van der Waals surface area contributed by atoms with Crippen molar-refractivity contribution in [2.75, 3.05) is 13.3 Å². The molecule has 36 valence electrons. The second-order valence-electron chi connectivity index (χ2n) is 0.947. The molecule has 5 heavy (non-hydrogen) atoms. The third-order valence-electron chi connectivity index (χ3n) is 0. The molecule has 0 aliphatic heterocycles. The molecule has 0 amide bonds. The van der Waals surface area contributed by atoms with Crippen molar-refractivity contribution in [2.45, 2.75) is 0 Å². The summed E-state index contributed by atoms with van der Waals surface area (Å²) >= 11 is 0. The second kappa shape index (κ2) is 5.08. The van der Waals surface area contributed by atoms with E-state index in [0.29, 0.717) is 0 Å². The zero-order valence-electron chi connectivity index (χ0n) is 3.26. The Balaban J connectivity index is 0. The first-order chi connectivity index (χ1) is 1.73. The molecule has 1 nitrogen and oxygen atoms in total. The molecule has 0 saturated heterocycles. The van der Waals surface area contributed by atoms with Crippen LogP contribution in [0.1, 0.15) is 0 Å². The monoisotopic (exact) mass is 274 g/mol. The van der Waals surface area contributed by atoms with Crippen LogP contribution in [0.15, 0.2) is 0 Å². The van der Waals surface area contributed by atoms with E-state index in [1.54, 1.807) is 0 Å². The van der Waals surface area contributed by atoms with Crippen molar-refractivity contribution in [3.05, 3.63) is 0 Å². The van der Waals surface area contributed by atoms with E-state index in [2.05, 4.69) is 0 Å². The van der Waals surface area contributed by atoms with Crippen LogP contribution in [0.3, 0.4) is 0 Å². The summed E-state index contributed by atoms with van der Waals surface area (Å²) in [4.78, 5) is 8.16. The molecule has 0 aliphatic rings. The maximum Gasteiger partial charge on any atom is 0.123 e. The Morgan fingerprint density at radius 2 is 1.40 bits per heavy atom. The zero-order chi connectivity index (χ0) is 3.58. The van der Waals surface area contributed by atoms with Gasteiger partial charge in [0.1, 0.15) is 8.15 Å². The van der Waals surface area contributed by atoms with E-state index in [0.717, 1.165) is 0 Å². The van der Waals surface area contributed by atoms with Gasteiger partial charge in [-0.1, -0.05) is 0 Å². The first-order valence-corrected chi connectivity index (χ1v) is 3.67. The molecule has 0 atom stereocenters. The first kappa shape index (κ1) is 9.42. The zero-order valence-corrected chi connectivity index (χ0v) is 6.54. The average Bonchev–Trinajstić information content (AvgIpc) is 0.811. The molecule has 1 N–H and O–H groups in total. The Bertz CT molecular complexity index is 14.4. The summed E-state index contributed by atoms with van der Waals surface area (Å²) in [5.74, 6) is 0. The third-order valence-corrected chi connectivity index (χ3v) is 0. The van der Waals surface area contributed by atoms with E-state index < -0.39 is 8.15 Å². The minimum atomic E-state index is -0.880. The van der Waals surface area contributed by atoms with Crippen molar-refractivity contribution in [1.29, 1.82) is 0 Å². The van der Waals surface area contributed by atoms with Gasteiger partial charge in [-0.05, 0) is 0 Å². The Morgan fingerprint density at radius 3 is 1.40 bits per heavy atom. The quantitative estimate of drug-likeness (QED) is 0.633. The van der Waals surface area contributed by atoms with Crippen molar-refractivity contribution in [3.63, 3.8) is 0 Å². The summed E-state index contributed by atoms with van der Waals surface area (Å²) in [7, 11) is -0.880. The molecule has 0 aliphatic carbocycles. The summed E-state index contributed by atoms with van der Waals surface area (Å²) < 4.78 is 0. The van der Waals surface area contributed by atoms with E-state index >= 15 is 0 Å². The summed E-state index contributed by atoms with van der Waals surface area (Å²) in [6.07, 6.45) is 0. The second-order valence-corrected chi connectivity index (χ2v) is 2.84. The van der Waals surface area contributed by atoms with Crippen LogP contribution in [-0.2, 0) is 21.1 Å². The fourth-order valence-corrected chi connectivity index (χ4v) is 0. The fourth-order valence-electron chi connectivity index (χ4n) is 0. The van der Waals surface area contributed by atoms with Crippen LogP contribution in [0.2, 0.25) is 0 Å². The van der Waals surface area contributed by atoms with Crippen molar-refractivity contribution in [1.82, 2.24) is 0 Å². The van der Waals surface area contributed by atoms with Crippen LogP contribution in [0, 0.1) is 0 Å². The average molecular weight is 274 g/mol. The molecule has 0 saturated carbocycles. The molecule has 0 fully saturated rings. The van der Waals surface area contributed by atoms with Crippen molar-refractivity contribution >= 4 is 8.15 Å². The molecule has 0 aromatic carbocycles. The summed E-state index contributed by atoms with van der Waals surface area (Å²) in [6.45, 7) is 3.65. The van der Waals surface area contributed by atoms with E-state index in [9.17, 15) is 0 Å². The smallest absolute Gasteiger partial charge is 0.123 e. The van der Waals surface area contributed by atoms with Crippen molar-refractivity contribution < 1.29 is 26.0 Å². The SMILES string of the molecule is C[PH+](C)O.[Pt]. The molecular formula is C2H8OPPt+. The maximum absolute atomic E-state index is 8.16. The first-order valence-electron chi connectivity index (χ1n) is 1.22. The van der Waals surface area contributed by atoms with E-state index in [-0.39, 0.29) is 21.1 Å². The molecule has 0 heterocycles. The molecule has 0 aromatic heterocycles. The largest absolute Gasteiger partial charge is 0.255 e. The molecule has 0 bridgehead atoms. The van der Waals surface area contributed by atoms with Gasteiger partial charge in [-0.15, -0.1) is 0 Å². The van der Waals surface area contributed by atoms with E-state index in [4.69, 9.17) is 4.89 Å². The summed E-state index contributed by atoms with van der Waals surface area (Å²) in [5, 5.41) is 0. The molecule has 3 heteroatoms. The number of hydrogen-bond acceptors (Lipinski definition) is 1. The third kappa shape index (κ3) is 41.4. The van der Waals surface area contributed by atoms with Gasteiger partial charge in [0.15, 0.2) is 0 Å². The standard InChI is InChI=1S/C2H7OP.Pt/c1-4(2)3;/h3H,1-2H3;/p+1. The number of hydrogen-bond donors (Lipinski definition) is 1. The molecule has 0 radical (unpaired) electrons. The maximum atomic E-state index is 8.16. The predicted octanol–water partition coefficient (Wildman–Crippen LogP) is 0.365. The molecular weight excluding hydrogens is 266 g/mol. The van der Waals surface area contributed by atoms with E-state index in [1.165, 1.54) is 0 Å². The van der Waals surface area contributed by atoms with Gasteiger partial charge in [-0.2, -0.15) is 0 Å². The minimum Gasteiger partial charge on any atom is -0.255 e. The van der Waals surface area contributed by atoms with Crippen LogP contribution < -0.4 is 0 Å². The number of rotatable bonds is 0. The van der Waals surface area contributed by atoms with Gasteiger partial charge in [-0.25, -0.2) is 0 Å². The van der Waals surface area contributed by atoms with Gasteiger partial charge < -0.3 is 0 Å². The van der Waals surface area contributed by atoms with Crippen molar-refractivity contribution in [2.24, 2.45) is 0 Å². The molecule has 0 spiro atoms. The molecule has 0 unspecified atom stereocenters. The van der Waals surface area contributed by atoms with Gasteiger partial charge in [0, 0.05) is 21.1 Å². The Kier molecular flexibility index (Phi) is 9.57. The fraction of sp³-hybridized carbons (Fsp3) is 1.00. The summed E-state index contributed by atoms with van der Waals surface area (Å²) in [5.41, 5.74) is 0. The summed E-state index contributed by atoms with van der Waals surface area (Å²) in [6, 6.07) is 0. The van der Waals surface area contributed by atoms with Gasteiger partial charge >= 0.3 is 0 Å². The Hall–Kier alpha value is 1.08. The van der Waals surface area contributed by atoms with Gasteiger partial charge in [0.05, 0.1) is 13.3 Å². The Labute approximate surface area is 47.9 Å². The van der Waals surface area contributed by atoms with Gasteiger partial charge in [0.2, 0.25) is 0 Å². The minimum absolute atomic E-state index is 0. The Morgan fingerprint density at radius 1 is 1.40 bits per heavy atom. The molecule has 0 aromatic rings. The van der Waals surface area contributed by atoms with Crippen LogP contribution in [0.5, 0.6) is 0 Å². The van der Waals surface area contributed by atoms with Gasteiger partial charge in [-0.3, -0.25) is 4.89 Å². The topological polar surface area (TPSA) is 20.2 Å². The van der Waals surface area contributed by atoms with Crippen LogP contribution in [0.4, 0.5) is 0 Å². The molecule has 0 rings (SSSR count). The van der Waals surface area contributed by atoms with Gasteiger partial charge in [0.25, 0.3) is 0 Å². The predicted molar refractivity (Wildman–Crippen MR) is 22.4 cm³/mol. The van der Waals surface area contributed by atoms with Crippen LogP contribution in [-0.4, -0.2) is 18.2 Å². The van der Waals surface area contributed by atoms with Crippen molar-refractivity contribution in [3.8, 4) is 0 Å². The van der Waals surface area contributed by atoms with Crippen LogP contribution >= 0.6 is 8.15 Å². The van der Waals surface area contributed by atoms with Crippen LogP contribution in [0.25, 0.3) is 0 Å².